The largest absolute Gasteiger partial charge is 0.484 e. The zero-order chi connectivity index (χ0) is 18.9. The Morgan fingerprint density at radius 2 is 2.04 bits per heavy atom. The molecule has 0 saturated heterocycles. The molecule has 3 aromatic rings. The highest BCUT2D eigenvalue weighted by Gasteiger charge is 2.41. The standard InChI is InChI=1S/C19H19N3O5/c1-12-20-18(22-27-12)19(8-2-3-9-19)21-16(23)11-25-14-6-4-13-5-7-17(24)26-15(13)10-14/h4-7,10H,2-3,8-9,11H2,1H3,(H,21,23). The second kappa shape index (κ2) is 6.86. The van der Waals surface area contributed by atoms with Gasteiger partial charge >= 0.3 is 5.63 Å². The summed E-state index contributed by atoms with van der Waals surface area (Å²) in [6.45, 7) is 1.56. The van der Waals surface area contributed by atoms with E-state index < -0.39 is 11.2 Å². The molecule has 0 unspecified atom stereocenters. The summed E-state index contributed by atoms with van der Waals surface area (Å²) < 4.78 is 15.8. The third-order valence-electron chi connectivity index (χ3n) is 4.76. The Kier molecular flexibility index (Phi) is 4.39. The van der Waals surface area contributed by atoms with Crippen LogP contribution in [0.4, 0.5) is 0 Å². The van der Waals surface area contributed by atoms with Gasteiger partial charge in [-0.15, -0.1) is 0 Å². The number of aryl methyl sites for hydroxylation is 1. The molecule has 0 spiro atoms. The van der Waals surface area contributed by atoms with Crippen LogP contribution < -0.4 is 15.7 Å². The second-order valence-electron chi connectivity index (χ2n) is 6.72. The smallest absolute Gasteiger partial charge is 0.336 e. The molecular weight excluding hydrogens is 350 g/mol. The maximum atomic E-state index is 12.5. The Balaban J connectivity index is 1.45. The maximum Gasteiger partial charge on any atom is 0.336 e. The van der Waals surface area contributed by atoms with E-state index >= 15 is 0 Å². The van der Waals surface area contributed by atoms with Crippen molar-refractivity contribution in [3.63, 3.8) is 0 Å². The number of rotatable bonds is 5. The number of carbonyl (C=O) groups is 1. The lowest BCUT2D eigenvalue weighted by molar-refractivity contribution is -0.125. The number of hydrogen-bond acceptors (Lipinski definition) is 7. The molecule has 1 saturated carbocycles. The van der Waals surface area contributed by atoms with E-state index in [4.69, 9.17) is 13.7 Å². The summed E-state index contributed by atoms with van der Waals surface area (Å²) >= 11 is 0. The third-order valence-corrected chi connectivity index (χ3v) is 4.76. The predicted octanol–water partition coefficient (Wildman–Crippen LogP) is 2.45. The zero-order valence-corrected chi connectivity index (χ0v) is 14.9. The first kappa shape index (κ1) is 17.3. The van der Waals surface area contributed by atoms with Gasteiger partial charge in [0.2, 0.25) is 5.89 Å². The molecule has 0 atom stereocenters. The van der Waals surface area contributed by atoms with Crippen LogP contribution in [0.1, 0.15) is 37.4 Å². The Morgan fingerprint density at radius 3 is 2.78 bits per heavy atom. The highest BCUT2D eigenvalue weighted by Crippen LogP contribution is 2.37. The lowest BCUT2D eigenvalue weighted by Crippen LogP contribution is -2.46. The monoisotopic (exact) mass is 369 g/mol. The Labute approximate surface area is 154 Å². The number of aromatic nitrogens is 2. The van der Waals surface area contributed by atoms with Crippen molar-refractivity contribution in [2.24, 2.45) is 0 Å². The SMILES string of the molecule is Cc1nc(C2(NC(=O)COc3ccc4ccc(=O)oc4c3)CCCC2)no1. The van der Waals surface area contributed by atoms with Crippen LogP contribution in [0, 0.1) is 6.92 Å². The number of nitrogens with zero attached hydrogens (tertiary/aromatic N) is 2. The molecule has 1 aromatic carbocycles. The van der Waals surface area contributed by atoms with E-state index in [2.05, 4.69) is 15.5 Å². The molecule has 0 radical (unpaired) electrons. The minimum absolute atomic E-state index is 0.166. The highest BCUT2D eigenvalue weighted by atomic mass is 16.5. The Morgan fingerprint density at radius 1 is 1.26 bits per heavy atom. The van der Waals surface area contributed by atoms with Crippen LogP contribution in [0.2, 0.25) is 0 Å². The third kappa shape index (κ3) is 3.55. The van der Waals surface area contributed by atoms with Gasteiger partial charge in [0.1, 0.15) is 16.9 Å². The van der Waals surface area contributed by atoms with E-state index in [1.807, 2.05) is 0 Å². The first-order valence-electron chi connectivity index (χ1n) is 8.83. The molecular formula is C19H19N3O5. The molecule has 2 heterocycles. The van der Waals surface area contributed by atoms with E-state index in [0.29, 0.717) is 23.0 Å². The molecule has 1 aliphatic rings. The van der Waals surface area contributed by atoms with E-state index in [1.165, 1.54) is 6.07 Å². The first-order chi connectivity index (χ1) is 13.0. The van der Waals surface area contributed by atoms with Gasteiger partial charge in [-0.1, -0.05) is 18.0 Å². The summed E-state index contributed by atoms with van der Waals surface area (Å²) in [7, 11) is 0. The predicted molar refractivity (Wildman–Crippen MR) is 95.3 cm³/mol. The highest BCUT2D eigenvalue weighted by molar-refractivity contribution is 5.80. The van der Waals surface area contributed by atoms with Gasteiger partial charge in [0, 0.05) is 24.4 Å². The normalized spacial score (nSPS) is 15.7. The minimum Gasteiger partial charge on any atom is -0.484 e. The van der Waals surface area contributed by atoms with Crippen LogP contribution in [0.25, 0.3) is 11.0 Å². The molecule has 1 aliphatic carbocycles. The molecule has 27 heavy (non-hydrogen) atoms. The number of fused-ring (bicyclic) bond motifs is 1. The van der Waals surface area contributed by atoms with Crippen LogP contribution in [0.5, 0.6) is 5.75 Å². The molecule has 2 aromatic heterocycles. The van der Waals surface area contributed by atoms with Crippen LogP contribution in [0.15, 0.2) is 44.1 Å². The van der Waals surface area contributed by atoms with E-state index in [1.54, 1.807) is 31.2 Å². The van der Waals surface area contributed by atoms with Crippen LogP contribution >= 0.6 is 0 Å². The molecule has 8 heteroatoms. The molecule has 0 bridgehead atoms. The average Bonchev–Trinajstić information content (AvgIpc) is 3.29. The quantitative estimate of drug-likeness (QED) is 0.688. The van der Waals surface area contributed by atoms with Crippen LogP contribution in [0.3, 0.4) is 0 Å². The van der Waals surface area contributed by atoms with Gasteiger partial charge < -0.3 is 19.0 Å². The topological polar surface area (TPSA) is 107 Å². The second-order valence-corrected chi connectivity index (χ2v) is 6.72. The Hall–Kier alpha value is -3.16. The van der Waals surface area contributed by atoms with Gasteiger partial charge in [-0.05, 0) is 31.0 Å². The average molecular weight is 369 g/mol. The summed E-state index contributed by atoms with van der Waals surface area (Å²) in [5, 5.41) is 7.80. The van der Waals surface area contributed by atoms with Crippen molar-refractivity contribution >= 4 is 16.9 Å². The summed E-state index contributed by atoms with van der Waals surface area (Å²) in [5.41, 5.74) is -0.625. The molecule has 8 nitrogen and oxygen atoms in total. The summed E-state index contributed by atoms with van der Waals surface area (Å²) in [5.74, 6) is 1.16. The molecule has 140 valence electrons. The minimum atomic E-state index is -0.603. The zero-order valence-electron chi connectivity index (χ0n) is 14.9. The van der Waals surface area contributed by atoms with Crippen molar-refractivity contribution in [1.82, 2.24) is 15.5 Å². The Bertz CT molecular complexity index is 1030. The van der Waals surface area contributed by atoms with E-state index in [0.717, 1.165) is 31.1 Å². The number of hydrogen-bond donors (Lipinski definition) is 1. The van der Waals surface area contributed by atoms with Crippen molar-refractivity contribution in [1.29, 1.82) is 0 Å². The van der Waals surface area contributed by atoms with Crippen LogP contribution in [-0.2, 0) is 10.3 Å². The fraction of sp³-hybridized carbons (Fsp3) is 0.368. The maximum absolute atomic E-state index is 12.5. The lowest BCUT2D eigenvalue weighted by Gasteiger charge is -2.26. The number of carbonyl (C=O) groups excluding carboxylic acids is 1. The number of benzene rings is 1. The van der Waals surface area contributed by atoms with Gasteiger partial charge in [-0.2, -0.15) is 4.98 Å². The first-order valence-corrected chi connectivity index (χ1v) is 8.83. The van der Waals surface area contributed by atoms with Crippen LogP contribution in [-0.4, -0.2) is 22.7 Å². The van der Waals surface area contributed by atoms with Gasteiger partial charge in [-0.25, -0.2) is 4.79 Å². The molecule has 4 rings (SSSR count). The fourth-order valence-corrected chi connectivity index (χ4v) is 3.46. The molecule has 1 amide bonds. The number of amides is 1. The van der Waals surface area contributed by atoms with Crippen molar-refractivity contribution < 1.29 is 18.5 Å². The van der Waals surface area contributed by atoms with Gasteiger partial charge in [-0.3, -0.25) is 4.79 Å². The van der Waals surface area contributed by atoms with Crippen molar-refractivity contribution in [3.05, 3.63) is 52.5 Å². The summed E-state index contributed by atoms with van der Waals surface area (Å²) in [4.78, 5) is 28.1. The summed E-state index contributed by atoms with van der Waals surface area (Å²) in [6, 6.07) is 8.12. The van der Waals surface area contributed by atoms with E-state index in [-0.39, 0.29) is 12.5 Å². The number of ether oxygens (including phenoxy) is 1. The number of nitrogens with one attached hydrogen (secondary N) is 1. The van der Waals surface area contributed by atoms with Gasteiger partial charge in [0.15, 0.2) is 12.4 Å². The molecule has 1 N–H and O–H groups in total. The van der Waals surface area contributed by atoms with Gasteiger partial charge in [0.25, 0.3) is 5.91 Å². The van der Waals surface area contributed by atoms with Crippen molar-refractivity contribution in [2.75, 3.05) is 6.61 Å². The fourth-order valence-electron chi connectivity index (χ4n) is 3.46. The molecule has 1 fully saturated rings. The summed E-state index contributed by atoms with van der Waals surface area (Å²) in [6.07, 6.45) is 3.49. The van der Waals surface area contributed by atoms with Crippen molar-refractivity contribution in [2.45, 2.75) is 38.1 Å². The van der Waals surface area contributed by atoms with E-state index in [9.17, 15) is 9.59 Å². The lowest BCUT2D eigenvalue weighted by atomic mass is 9.96. The van der Waals surface area contributed by atoms with Crippen molar-refractivity contribution in [3.8, 4) is 5.75 Å². The molecule has 0 aliphatic heterocycles. The van der Waals surface area contributed by atoms with Gasteiger partial charge in [0.05, 0.1) is 0 Å².